The van der Waals surface area contributed by atoms with Crippen LogP contribution >= 0.6 is 69.6 Å². The predicted octanol–water partition coefficient (Wildman–Crippen LogP) is 6.33. The second-order valence-corrected chi connectivity index (χ2v) is 8.80. The smallest absolute Gasteiger partial charge is 0.260 e. The van der Waals surface area contributed by atoms with Gasteiger partial charge in [0.15, 0.2) is 12.4 Å². The number of rotatable bonds is 5. The Balaban J connectivity index is 1.53. The molecule has 1 heterocycles. The second-order valence-electron chi connectivity index (χ2n) is 6.47. The molecule has 0 unspecified atom stereocenters. The number of nitrogens with zero attached hydrogens (tertiary/aromatic N) is 2. The fraction of sp³-hybridized carbons (Fsp3) is 0.316. The van der Waals surface area contributed by atoms with Gasteiger partial charge in [-0.15, -0.1) is 0 Å². The Morgan fingerprint density at radius 3 is 1.86 bits per heavy atom. The number of ether oxygens (including phenoxy) is 1. The zero-order valence-electron chi connectivity index (χ0n) is 15.0. The minimum atomic E-state index is -0.231. The molecule has 1 saturated heterocycles. The Hall–Kier alpha value is -0.590. The molecule has 0 radical (unpaired) electrons. The van der Waals surface area contributed by atoms with Gasteiger partial charge in [0.05, 0.1) is 15.1 Å². The minimum Gasteiger partial charge on any atom is -0.481 e. The van der Waals surface area contributed by atoms with Crippen molar-refractivity contribution >= 4 is 75.5 Å². The second kappa shape index (κ2) is 10.1. The van der Waals surface area contributed by atoms with Gasteiger partial charge in [-0.25, -0.2) is 0 Å². The SMILES string of the molecule is O=C(COc1c(Cl)c(Cl)c(Cl)c(Cl)c1Cl)N1CCN(Cc2ccc(Cl)cc2)CC1. The average molecular weight is 517 g/mol. The Morgan fingerprint density at radius 2 is 1.31 bits per heavy atom. The van der Waals surface area contributed by atoms with E-state index in [4.69, 9.17) is 74.3 Å². The molecule has 1 fully saturated rings. The molecule has 10 heteroatoms. The lowest BCUT2D eigenvalue weighted by atomic mass is 10.2. The molecule has 0 N–H and O–H groups in total. The van der Waals surface area contributed by atoms with Crippen LogP contribution in [0.2, 0.25) is 30.1 Å². The van der Waals surface area contributed by atoms with Gasteiger partial charge >= 0.3 is 0 Å². The van der Waals surface area contributed by atoms with Crippen LogP contribution in [0.1, 0.15) is 5.56 Å². The quantitative estimate of drug-likeness (QED) is 0.344. The van der Waals surface area contributed by atoms with Crippen molar-refractivity contribution in [2.24, 2.45) is 0 Å². The van der Waals surface area contributed by atoms with Gasteiger partial charge in [-0.2, -0.15) is 0 Å². The van der Waals surface area contributed by atoms with Gasteiger partial charge < -0.3 is 9.64 Å². The van der Waals surface area contributed by atoms with E-state index < -0.39 is 0 Å². The molecule has 3 rings (SSSR count). The number of halogens is 6. The maximum absolute atomic E-state index is 12.5. The van der Waals surface area contributed by atoms with E-state index in [2.05, 4.69) is 4.90 Å². The first-order chi connectivity index (χ1) is 13.8. The van der Waals surface area contributed by atoms with E-state index in [1.54, 1.807) is 4.90 Å². The van der Waals surface area contributed by atoms with Gasteiger partial charge in [0.2, 0.25) is 0 Å². The van der Waals surface area contributed by atoms with E-state index in [1.807, 2.05) is 24.3 Å². The Labute approximate surface area is 199 Å². The van der Waals surface area contributed by atoms with E-state index >= 15 is 0 Å². The van der Waals surface area contributed by atoms with Crippen LogP contribution in [-0.4, -0.2) is 48.5 Å². The molecule has 1 aliphatic heterocycles. The molecule has 0 saturated carbocycles. The van der Waals surface area contributed by atoms with Crippen molar-refractivity contribution in [2.45, 2.75) is 6.54 Å². The maximum atomic E-state index is 12.5. The van der Waals surface area contributed by atoms with Crippen molar-refractivity contribution in [3.63, 3.8) is 0 Å². The molecule has 1 amide bonds. The number of hydrogen-bond acceptors (Lipinski definition) is 3. The summed E-state index contributed by atoms with van der Waals surface area (Å²) in [5.74, 6) is -0.132. The van der Waals surface area contributed by atoms with Crippen molar-refractivity contribution in [1.29, 1.82) is 0 Å². The number of benzene rings is 2. The van der Waals surface area contributed by atoms with E-state index in [-0.39, 0.29) is 43.4 Å². The summed E-state index contributed by atoms with van der Waals surface area (Å²) in [5, 5.41) is 0.853. The van der Waals surface area contributed by atoms with E-state index in [0.717, 1.165) is 19.6 Å². The molecule has 0 atom stereocenters. The third-order valence-electron chi connectivity index (χ3n) is 4.55. The summed E-state index contributed by atoms with van der Waals surface area (Å²) in [6, 6.07) is 7.76. The van der Waals surface area contributed by atoms with Gasteiger partial charge in [-0.3, -0.25) is 9.69 Å². The minimum absolute atomic E-state index is 0.0200. The molecule has 29 heavy (non-hydrogen) atoms. The zero-order chi connectivity index (χ0) is 21.1. The zero-order valence-corrected chi connectivity index (χ0v) is 19.6. The summed E-state index contributed by atoms with van der Waals surface area (Å²) in [5.41, 5.74) is 1.18. The summed E-state index contributed by atoms with van der Waals surface area (Å²) in [4.78, 5) is 16.5. The summed E-state index contributed by atoms with van der Waals surface area (Å²) in [7, 11) is 0. The molecule has 0 aromatic heterocycles. The molecule has 4 nitrogen and oxygen atoms in total. The molecule has 0 spiro atoms. The van der Waals surface area contributed by atoms with Crippen molar-refractivity contribution in [3.05, 3.63) is 60.0 Å². The average Bonchev–Trinajstić information content (AvgIpc) is 2.73. The monoisotopic (exact) mass is 514 g/mol. The number of carbonyl (C=O) groups is 1. The first kappa shape index (κ1) is 23.1. The Kier molecular flexibility index (Phi) is 8.07. The van der Waals surface area contributed by atoms with Crippen molar-refractivity contribution in [2.75, 3.05) is 32.8 Å². The number of carbonyl (C=O) groups excluding carboxylic acids is 1. The normalized spacial score (nSPS) is 14.9. The molecule has 156 valence electrons. The summed E-state index contributed by atoms with van der Waals surface area (Å²) < 4.78 is 5.52. The fourth-order valence-electron chi connectivity index (χ4n) is 2.94. The number of amides is 1. The van der Waals surface area contributed by atoms with Crippen molar-refractivity contribution in [3.8, 4) is 5.75 Å². The highest BCUT2D eigenvalue weighted by atomic mass is 35.5. The maximum Gasteiger partial charge on any atom is 0.260 e. The van der Waals surface area contributed by atoms with Crippen molar-refractivity contribution < 1.29 is 9.53 Å². The van der Waals surface area contributed by atoms with Crippen LogP contribution in [0.3, 0.4) is 0 Å². The standard InChI is InChI=1S/C19H16Cl6N2O2/c20-12-3-1-11(2-4-12)9-26-5-7-27(8-6-26)13(28)10-29-19-17(24)15(22)14(21)16(23)18(19)25/h1-4H,5-10H2. The number of piperazine rings is 1. The lowest BCUT2D eigenvalue weighted by Gasteiger charge is -2.34. The van der Waals surface area contributed by atoms with Crippen LogP contribution < -0.4 is 4.74 Å². The highest BCUT2D eigenvalue weighted by Gasteiger charge is 2.24. The van der Waals surface area contributed by atoms with Crippen molar-refractivity contribution in [1.82, 2.24) is 9.80 Å². The van der Waals surface area contributed by atoms with Crippen LogP contribution in [0.4, 0.5) is 0 Å². The van der Waals surface area contributed by atoms with E-state index in [1.165, 1.54) is 5.56 Å². The lowest BCUT2D eigenvalue weighted by molar-refractivity contribution is -0.135. The van der Waals surface area contributed by atoms with Crippen LogP contribution in [0.5, 0.6) is 5.75 Å². The highest BCUT2D eigenvalue weighted by Crippen LogP contribution is 2.48. The van der Waals surface area contributed by atoms with Gasteiger partial charge in [0, 0.05) is 37.7 Å². The predicted molar refractivity (Wildman–Crippen MR) is 120 cm³/mol. The van der Waals surface area contributed by atoms with Crippen LogP contribution in [-0.2, 0) is 11.3 Å². The number of hydrogen-bond donors (Lipinski definition) is 0. The molecule has 2 aromatic rings. The Morgan fingerprint density at radius 1 is 0.793 bits per heavy atom. The summed E-state index contributed by atoms with van der Waals surface area (Å²) in [6.45, 7) is 3.29. The first-order valence-corrected chi connectivity index (χ1v) is 10.9. The van der Waals surface area contributed by atoms with Crippen LogP contribution in [0.15, 0.2) is 24.3 Å². The third-order valence-corrected chi connectivity index (χ3v) is 7.05. The van der Waals surface area contributed by atoms with E-state index in [0.29, 0.717) is 18.1 Å². The molecular formula is C19H16Cl6N2O2. The van der Waals surface area contributed by atoms with Gasteiger partial charge in [0.1, 0.15) is 10.0 Å². The largest absolute Gasteiger partial charge is 0.481 e. The topological polar surface area (TPSA) is 32.8 Å². The summed E-state index contributed by atoms with van der Waals surface area (Å²) >= 11 is 36.2. The highest BCUT2D eigenvalue weighted by molar-refractivity contribution is 6.55. The molecule has 0 aliphatic carbocycles. The third kappa shape index (κ3) is 5.56. The van der Waals surface area contributed by atoms with Crippen LogP contribution in [0.25, 0.3) is 0 Å². The molecule has 0 bridgehead atoms. The lowest BCUT2D eigenvalue weighted by Crippen LogP contribution is -2.49. The molecule has 2 aromatic carbocycles. The fourth-order valence-corrected chi connectivity index (χ4v) is 4.30. The van der Waals surface area contributed by atoms with Gasteiger partial charge in [0.25, 0.3) is 5.91 Å². The molecule has 1 aliphatic rings. The van der Waals surface area contributed by atoms with Gasteiger partial charge in [-0.1, -0.05) is 81.7 Å². The first-order valence-electron chi connectivity index (χ1n) is 8.66. The van der Waals surface area contributed by atoms with E-state index in [9.17, 15) is 4.79 Å². The van der Waals surface area contributed by atoms with Gasteiger partial charge in [-0.05, 0) is 17.7 Å². The molecular weight excluding hydrogens is 501 g/mol. The Bertz CT molecular complexity index is 870. The summed E-state index contributed by atoms with van der Waals surface area (Å²) in [6.07, 6.45) is 0. The van der Waals surface area contributed by atoms with Crippen LogP contribution in [0, 0.1) is 0 Å².